The summed E-state index contributed by atoms with van der Waals surface area (Å²) in [7, 11) is 3.49. The van der Waals surface area contributed by atoms with Gasteiger partial charge in [-0.25, -0.2) is 0 Å². The molecular weight excluding hydrogens is 533 g/mol. The summed E-state index contributed by atoms with van der Waals surface area (Å²) in [5, 5.41) is 6.14. The number of likely N-dealkylation sites (tertiary alicyclic amines) is 1. The van der Waals surface area contributed by atoms with Crippen molar-refractivity contribution in [3.05, 3.63) is 35.4 Å². The zero-order chi connectivity index (χ0) is 23.1. The lowest BCUT2D eigenvalue weighted by molar-refractivity contribution is -0.121. The first-order valence-electron chi connectivity index (χ1n) is 11.6. The third kappa shape index (κ3) is 7.84. The Kier molecular flexibility index (Phi) is 10.9. The van der Waals surface area contributed by atoms with Crippen LogP contribution in [0.2, 0.25) is 0 Å². The number of piperidine rings is 1. The van der Waals surface area contributed by atoms with Crippen LogP contribution in [0.1, 0.15) is 49.0 Å². The highest BCUT2D eigenvalue weighted by molar-refractivity contribution is 14.0. The van der Waals surface area contributed by atoms with Crippen LogP contribution in [0, 0.1) is 5.92 Å². The number of amides is 2. The van der Waals surface area contributed by atoms with Gasteiger partial charge in [0.05, 0.1) is 12.2 Å². The standard InChI is InChI=1S/C24H37N5O3.HI/c1-17-15-29(16-18(2)32-17)23(31)21-7-5-20(6-8-21)14-27-24(26-4)28-11-9-19(10-12-28)13-22(30)25-3;/h5-8,17-19H,9-16H2,1-4H3,(H,25,30)(H,26,27);1H. The summed E-state index contributed by atoms with van der Waals surface area (Å²) in [5.41, 5.74) is 1.80. The topological polar surface area (TPSA) is 86.3 Å². The molecule has 1 aromatic carbocycles. The molecule has 2 fully saturated rings. The Labute approximate surface area is 214 Å². The van der Waals surface area contributed by atoms with E-state index >= 15 is 0 Å². The zero-order valence-corrected chi connectivity index (χ0v) is 22.5. The SMILES string of the molecule is CN=C(NCc1ccc(C(=O)N2CC(C)OC(C)C2)cc1)N1CCC(CC(=O)NC)CC1.I. The summed E-state index contributed by atoms with van der Waals surface area (Å²) >= 11 is 0. The number of guanidine groups is 1. The highest BCUT2D eigenvalue weighted by Gasteiger charge is 2.26. The number of ether oxygens (including phenoxy) is 1. The molecule has 184 valence electrons. The zero-order valence-electron chi connectivity index (χ0n) is 20.2. The van der Waals surface area contributed by atoms with Gasteiger partial charge in [0.1, 0.15) is 0 Å². The quantitative estimate of drug-likeness (QED) is 0.323. The van der Waals surface area contributed by atoms with Crippen molar-refractivity contribution in [3.63, 3.8) is 0 Å². The molecule has 0 aromatic heterocycles. The Morgan fingerprint density at radius 1 is 1.06 bits per heavy atom. The Bertz CT molecular complexity index is 799. The molecule has 9 heteroatoms. The van der Waals surface area contributed by atoms with Crippen LogP contribution in [-0.2, 0) is 16.1 Å². The lowest BCUT2D eigenvalue weighted by Crippen LogP contribution is -2.48. The van der Waals surface area contributed by atoms with E-state index in [2.05, 4.69) is 20.5 Å². The average molecular weight is 572 g/mol. The lowest BCUT2D eigenvalue weighted by atomic mass is 9.93. The van der Waals surface area contributed by atoms with Crippen molar-refractivity contribution < 1.29 is 14.3 Å². The van der Waals surface area contributed by atoms with Crippen molar-refractivity contribution in [2.45, 2.75) is 51.9 Å². The van der Waals surface area contributed by atoms with Crippen LogP contribution in [0.4, 0.5) is 0 Å². The molecule has 0 radical (unpaired) electrons. The van der Waals surface area contributed by atoms with Crippen molar-refractivity contribution in [1.82, 2.24) is 20.4 Å². The number of hydrogen-bond donors (Lipinski definition) is 2. The second kappa shape index (κ2) is 13.1. The molecule has 3 rings (SSSR count). The van der Waals surface area contributed by atoms with E-state index < -0.39 is 0 Å². The summed E-state index contributed by atoms with van der Waals surface area (Å²) in [6.07, 6.45) is 2.70. The number of rotatable bonds is 5. The number of hydrogen-bond acceptors (Lipinski definition) is 4. The van der Waals surface area contributed by atoms with Crippen molar-refractivity contribution >= 4 is 41.8 Å². The number of aliphatic imine (C=N–C) groups is 1. The summed E-state index contributed by atoms with van der Waals surface area (Å²) < 4.78 is 5.73. The molecule has 2 N–H and O–H groups in total. The van der Waals surface area contributed by atoms with Crippen LogP contribution < -0.4 is 10.6 Å². The molecule has 0 bridgehead atoms. The minimum Gasteiger partial charge on any atom is -0.372 e. The third-order valence-corrected chi connectivity index (χ3v) is 6.24. The first-order valence-corrected chi connectivity index (χ1v) is 11.6. The van der Waals surface area contributed by atoms with E-state index in [0.29, 0.717) is 37.5 Å². The fraction of sp³-hybridized carbons (Fsp3) is 0.625. The number of carbonyl (C=O) groups is 2. The normalized spacial score (nSPS) is 21.9. The Balaban J connectivity index is 0.00000385. The van der Waals surface area contributed by atoms with Gasteiger partial charge in [0.15, 0.2) is 5.96 Å². The van der Waals surface area contributed by atoms with Crippen LogP contribution >= 0.6 is 24.0 Å². The Morgan fingerprint density at radius 2 is 1.67 bits per heavy atom. The van der Waals surface area contributed by atoms with Gasteiger partial charge in [-0.2, -0.15) is 0 Å². The van der Waals surface area contributed by atoms with Gasteiger partial charge in [0, 0.05) is 58.8 Å². The second-order valence-corrected chi connectivity index (χ2v) is 8.87. The molecule has 2 aliphatic heterocycles. The molecule has 2 aliphatic rings. The molecule has 2 amide bonds. The van der Waals surface area contributed by atoms with Crippen LogP contribution in [0.5, 0.6) is 0 Å². The number of nitrogens with one attached hydrogen (secondary N) is 2. The smallest absolute Gasteiger partial charge is 0.254 e. The van der Waals surface area contributed by atoms with Gasteiger partial charge in [-0.1, -0.05) is 12.1 Å². The van der Waals surface area contributed by atoms with Crippen LogP contribution in [-0.4, -0.2) is 80.1 Å². The van der Waals surface area contributed by atoms with Gasteiger partial charge in [-0.05, 0) is 50.3 Å². The molecular formula is C24H38IN5O3. The summed E-state index contributed by atoms with van der Waals surface area (Å²) in [6, 6.07) is 7.79. The molecule has 8 nitrogen and oxygen atoms in total. The maximum atomic E-state index is 12.8. The van der Waals surface area contributed by atoms with Crippen molar-refractivity contribution in [1.29, 1.82) is 0 Å². The fourth-order valence-electron chi connectivity index (χ4n) is 4.52. The van der Waals surface area contributed by atoms with Crippen LogP contribution in [0.25, 0.3) is 0 Å². The van der Waals surface area contributed by atoms with Gasteiger partial charge in [-0.15, -0.1) is 24.0 Å². The third-order valence-electron chi connectivity index (χ3n) is 6.24. The molecule has 1 aromatic rings. The summed E-state index contributed by atoms with van der Waals surface area (Å²) in [4.78, 5) is 33.0. The first-order chi connectivity index (χ1) is 15.4. The van der Waals surface area contributed by atoms with Gasteiger partial charge in [-0.3, -0.25) is 14.6 Å². The van der Waals surface area contributed by atoms with Crippen molar-refractivity contribution in [2.24, 2.45) is 10.9 Å². The Morgan fingerprint density at radius 3 is 2.21 bits per heavy atom. The highest BCUT2D eigenvalue weighted by Crippen LogP contribution is 2.20. The van der Waals surface area contributed by atoms with E-state index in [4.69, 9.17) is 4.74 Å². The fourth-order valence-corrected chi connectivity index (χ4v) is 4.52. The van der Waals surface area contributed by atoms with E-state index in [1.807, 2.05) is 43.0 Å². The van der Waals surface area contributed by atoms with Crippen LogP contribution in [0.15, 0.2) is 29.3 Å². The van der Waals surface area contributed by atoms with E-state index in [0.717, 1.165) is 37.5 Å². The molecule has 2 saturated heterocycles. The largest absolute Gasteiger partial charge is 0.372 e. The minimum atomic E-state index is 0. The monoisotopic (exact) mass is 571 g/mol. The molecule has 2 heterocycles. The number of morpholine rings is 1. The molecule has 0 saturated carbocycles. The lowest BCUT2D eigenvalue weighted by Gasteiger charge is -2.35. The summed E-state index contributed by atoms with van der Waals surface area (Å²) in [6.45, 7) is 7.69. The van der Waals surface area contributed by atoms with Gasteiger partial charge in [0.2, 0.25) is 5.91 Å². The second-order valence-electron chi connectivity index (χ2n) is 8.87. The maximum absolute atomic E-state index is 12.8. The number of halogens is 1. The van der Waals surface area contributed by atoms with Gasteiger partial charge < -0.3 is 25.2 Å². The maximum Gasteiger partial charge on any atom is 0.254 e. The molecule has 33 heavy (non-hydrogen) atoms. The molecule has 2 unspecified atom stereocenters. The first kappa shape index (κ1) is 27.4. The predicted molar refractivity (Wildman–Crippen MR) is 141 cm³/mol. The number of carbonyl (C=O) groups excluding carboxylic acids is 2. The van der Waals surface area contributed by atoms with E-state index in [9.17, 15) is 9.59 Å². The summed E-state index contributed by atoms with van der Waals surface area (Å²) in [5.74, 6) is 1.49. The van der Waals surface area contributed by atoms with E-state index in [1.165, 1.54) is 0 Å². The van der Waals surface area contributed by atoms with E-state index in [-0.39, 0.29) is 48.0 Å². The molecule has 2 atom stereocenters. The van der Waals surface area contributed by atoms with Crippen molar-refractivity contribution in [2.75, 3.05) is 40.3 Å². The molecule has 0 spiro atoms. The minimum absolute atomic E-state index is 0. The van der Waals surface area contributed by atoms with E-state index in [1.54, 1.807) is 14.1 Å². The average Bonchev–Trinajstić information content (AvgIpc) is 2.79. The van der Waals surface area contributed by atoms with Gasteiger partial charge in [0.25, 0.3) is 5.91 Å². The highest BCUT2D eigenvalue weighted by atomic mass is 127. The number of benzene rings is 1. The van der Waals surface area contributed by atoms with Crippen molar-refractivity contribution in [3.8, 4) is 0 Å². The van der Waals surface area contributed by atoms with Gasteiger partial charge >= 0.3 is 0 Å². The Hall–Kier alpha value is -1.88. The predicted octanol–water partition coefficient (Wildman–Crippen LogP) is 2.48. The van der Waals surface area contributed by atoms with Crippen LogP contribution in [0.3, 0.4) is 0 Å². The number of nitrogens with zero attached hydrogens (tertiary/aromatic N) is 3. The molecule has 0 aliphatic carbocycles.